The number of carbonyl (C=O) groups excluding carboxylic acids is 1. The summed E-state index contributed by atoms with van der Waals surface area (Å²) in [5.74, 6) is -0.439. The lowest BCUT2D eigenvalue weighted by atomic mass is 10.0. The van der Waals surface area contributed by atoms with Gasteiger partial charge in [-0.2, -0.15) is 13.2 Å². The van der Waals surface area contributed by atoms with Crippen molar-refractivity contribution in [2.24, 2.45) is 0 Å². The molecule has 4 aromatic rings. The van der Waals surface area contributed by atoms with Crippen LogP contribution in [0.1, 0.15) is 24.1 Å². The van der Waals surface area contributed by atoms with Crippen LogP contribution in [0.25, 0.3) is 21.8 Å². The fourth-order valence-electron chi connectivity index (χ4n) is 3.13. The molecule has 1 N–H and O–H groups in total. The summed E-state index contributed by atoms with van der Waals surface area (Å²) in [6, 6.07) is 16.5. The maximum Gasteiger partial charge on any atom is 0.416 e. The van der Waals surface area contributed by atoms with Crippen LogP contribution in [0, 0.1) is 0 Å². The number of aromatic nitrogens is 3. The standard InChI is InChI=1S/C21H17F3N4O2/c1-13(15-7-6-14-4-2-3-5-16(14)10-15)25-20(29)12-30-28-19-11-17(21(22,23)24)8-9-18(19)26-27-28/h2-11,13H,12H2,1H3,(H,25,29)/t13-/m1/s1. The summed E-state index contributed by atoms with van der Waals surface area (Å²) in [4.78, 5) is 18.4. The van der Waals surface area contributed by atoms with Crippen molar-refractivity contribution >= 4 is 27.7 Å². The van der Waals surface area contributed by atoms with Crippen LogP contribution in [0.15, 0.2) is 60.7 Å². The molecule has 4 rings (SSSR count). The van der Waals surface area contributed by atoms with Crippen molar-refractivity contribution in [3.63, 3.8) is 0 Å². The zero-order valence-electron chi connectivity index (χ0n) is 15.8. The van der Waals surface area contributed by atoms with Crippen LogP contribution in [0.4, 0.5) is 13.2 Å². The molecule has 30 heavy (non-hydrogen) atoms. The van der Waals surface area contributed by atoms with E-state index in [0.717, 1.165) is 33.3 Å². The highest BCUT2D eigenvalue weighted by molar-refractivity contribution is 5.83. The Labute approximate surface area is 169 Å². The van der Waals surface area contributed by atoms with E-state index in [1.54, 1.807) is 0 Å². The third kappa shape index (κ3) is 4.05. The number of alkyl halides is 3. The van der Waals surface area contributed by atoms with Crippen LogP contribution in [0.2, 0.25) is 0 Å². The van der Waals surface area contributed by atoms with Gasteiger partial charge < -0.3 is 10.2 Å². The van der Waals surface area contributed by atoms with E-state index in [0.29, 0.717) is 0 Å². The summed E-state index contributed by atoms with van der Waals surface area (Å²) < 4.78 is 38.7. The monoisotopic (exact) mass is 414 g/mol. The van der Waals surface area contributed by atoms with Gasteiger partial charge >= 0.3 is 6.18 Å². The Morgan fingerprint density at radius 3 is 2.63 bits per heavy atom. The molecule has 0 aliphatic rings. The molecule has 0 bridgehead atoms. The van der Waals surface area contributed by atoms with E-state index in [-0.39, 0.29) is 17.1 Å². The predicted octanol–water partition coefficient (Wildman–Crippen LogP) is 3.91. The van der Waals surface area contributed by atoms with Gasteiger partial charge in [0.25, 0.3) is 5.91 Å². The van der Waals surface area contributed by atoms with Crippen molar-refractivity contribution in [2.45, 2.75) is 19.1 Å². The van der Waals surface area contributed by atoms with E-state index >= 15 is 0 Å². The molecule has 1 heterocycles. The Hall–Kier alpha value is -3.62. The third-order valence-corrected chi connectivity index (χ3v) is 4.71. The molecule has 0 spiro atoms. The second-order valence-corrected chi connectivity index (χ2v) is 6.83. The van der Waals surface area contributed by atoms with E-state index in [1.165, 1.54) is 6.07 Å². The Bertz CT molecular complexity index is 1220. The van der Waals surface area contributed by atoms with Gasteiger partial charge in [-0.15, -0.1) is 5.10 Å². The number of halogens is 3. The first kappa shape index (κ1) is 19.7. The first-order chi connectivity index (χ1) is 14.3. The maximum atomic E-state index is 12.9. The van der Waals surface area contributed by atoms with E-state index in [2.05, 4.69) is 15.6 Å². The van der Waals surface area contributed by atoms with Crippen LogP contribution in [-0.2, 0) is 11.0 Å². The number of hydrogen-bond donors (Lipinski definition) is 1. The Balaban J connectivity index is 1.43. The minimum Gasteiger partial charge on any atom is -0.385 e. The average Bonchev–Trinajstić information content (AvgIpc) is 3.13. The molecular formula is C21H17F3N4O2. The van der Waals surface area contributed by atoms with Crippen molar-refractivity contribution in [2.75, 3.05) is 6.61 Å². The normalized spacial score (nSPS) is 12.8. The zero-order chi connectivity index (χ0) is 21.3. The lowest BCUT2D eigenvalue weighted by Crippen LogP contribution is -2.33. The summed E-state index contributed by atoms with van der Waals surface area (Å²) in [7, 11) is 0. The highest BCUT2D eigenvalue weighted by atomic mass is 19.4. The van der Waals surface area contributed by atoms with E-state index < -0.39 is 24.3 Å². The molecule has 0 aliphatic heterocycles. The van der Waals surface area contributed by atoms with Crippen molar-refractivity contribution in [3.05, 3.63) is 71.8 Å². The minimum absolute atomic E-state index is 0.0280. The Kier molecular flexibility index (Phi) is 5.03. The van der Waals surface area contributed by atoms with Gasteiger partial charge in [-0.05, 0) is 52.7 Å². The lowest BCUT2D eigenvalue weighted by Gasteiger charge is -2.15. The van der Waals surface area contributed by atoms with Gasteiger partial charge in [0.1, 0.15) is 11.0 Å². The minimum atomic E-state index is -4.50. The lowest BCUT2D eigenvalue weighted by molar-refractivity contribution is -0.137. The van der Waals surface area contributed by atoms with E-state index in [9.17, 15) is 18.0 Å². The summed E-state index contributed by atoms with van der Waals surface area (Å²) in [6.07, 6.45) is -4.50. The molecule has 0 fully saturated rings. The number of nitrogens with one attached hydrogen (secondary N) is 1. The summed E-state index contributed by atoms with van der Waals surface area (Å²) >= 11 is 0. The summed E-state index contributed by atoms with van der Waals surface area (Å²) in [5, 5.41) is 12.4. The summed E-state index contributed by atoms with van der Waals surface area (Å²) in [5.41, 5.74) is 0.327. The van der Waals surface area contributed by atoms with Crippen molar-refractivity contribution in [1.29, 1.82) is 0 Å². The molecule has 0 unspecified atom stereocenters. The summed E-state index contributed by atoms with van der Waals surface area (Å²) in [6.45, 7) is 1.41. The number of benzene rings is 3. The number of carbonyl (C=O) groups is 1. The molecule has 0 aliphatic carbocycles. The highest BCUT2D eigenvalue weighted by Gasteiger charge is 2.31. The van der Waals surface area contributed by atoms with Crippen molar-refractivity contribution < 1.29 is 22.8 Å². The number of amides is 1. The zero-order valence-corrected chi connectivity index (χ0v) is 15.8. The van der Waals surface area contributed by atoms with Crippen LogP contribution in [0.5, 0.6) is 0 Å². The van der Waals surface area contributed by atoms with E-state index in [4.69, 9.17) is 4.84 Å². The highest BCUT2D eigenvalue weighted by Crippen LogP contribution is 2.30. The SMILES string of the molecule is C[C@@H](NC(=O)COn1nnc2ccc(C(F)(F)F)cc21)c1ccc2ccccc2c1. The van der Waals surface area contributed by atoms with Crippen molar-refractivity contribution in [1.82, 2.24) is 20.5 Å². The van der Waals surface area contributed by atoms with Crippen LogP contribution in [0.3, 0.4) is 0 Å². The molecule has 1 amide bonds. The van der Waals surface area contributed by atoms with E-state index in [1.807, 2.05) is 49.4 Å². The molecule has 1 atom stereocenters. The van der Waals surface area contributed by atoms with Gasteiger partial charge in [0.05, 0.1) is 11.6 Å². The maximum absolute atomic E-state index is 12.9. The van der Waals surface area contributed by atoms with Crippen LogP contribution in [-0.4, -0.2) is 27.7 Å². The van der Waals surface area contributed by atoms with Gasteiger partial charge in [0, 0.05) is 0 Å². The van der Waals surface area contributed by atoms with Crippen molar-refractivity contribution in [3.8, 4) is 0 Å². The number of hydrogen-bond acceptors (Lipinski definition) is 4. The molecule has 3 aromatic carbocycles. The van der Waals surface area contributed by atoms with Gasteiger partial charge in [-0.1, -0.05) is 41.2 Å². The van der Waals surface area contributed by atoms with Crippen LogP contribution < -0.4 is 10.2 Å². The molecular weight excluding hydrogens is 397 g/mol. The molecule has 0 radical (unpaired) electrons. The first-order valence-corrected chi connectivity index (χ1v) is 9.15. The number of fused-ring (bicyclic) bond motifs is 2. The molecule has 1 aromatic heterocycles. The third-order valence-electron chi connectivity index (χ3n) is 4.71. The second kappa shape index (κ2) is 7.66. The molecule has 0 saturated heterocycles. The van der Waals surface area contributed by atoms with Gasteiger partial charge in [0.2, 0.25) is 0 Å². The van der Waals surface area contributed by atoms with Gasteiger partial charge in [0.15, 0.2) is 6.61 Å². The Morgan fingerprint density at radius 2 is 1.87 bits per heavy atom. The fourth-order valence-corrected chi connectivity index (χ4v) is 3.13. The second-order valence-electron chi connectivity index (χ2n) is 6.83. The molecule has 0 saturated carbocycles. The topological polar surface area (TPSA) is 69.0 Å². The molecule has 9 heteroatoms. The van der Waals surface area contributed by atoms with Gasteiger partial charge in [-0.25, -0.2) is 0 Å². The largest absolute Gasteiger partial charge is 0.416 e. The molecule has 6 nitrogen and oxygen atoms in total. The smallest absolute Gasteiger partial charge is 0.385 e. The average molecular weight is 414 g/mol. The number of rotatable bonds is 5. The number of nitrogens with zero attached hydrogens (tertiary/aromatic N) is 3. The quantitative estimate of drug-likeness (QED) is 0.538. The first-order valence-electron chi connectivity index (χ1n) is 9.15. The Morgan fingerprint density at radius 1 is 1.10 bits per heavy atom. The van der Waals surface area contributed by atoms with Gasteiger partial charge in [-0.3, -0.25) is 4.79 Å². The van der Waals surface area contributed by atoms with Crippen LogP contribution >= 0.6 is 0 Å². The predicted molar refractivity (Wildman–Crippen MR) is 104 cm³/mol. The molecule has 154 valence electrons. The fraction of sp³-hybridized carbons (Fsp3) is 0.190.